The van der Waals surface area contributed by atoms with E-state index in [9.17, 15) is 15.0 Å². The Morgan fingerprint density at radius 1 is 0.641 bits per heavy atom. The van der Waals surface area contributed by atoms with Crippen LogP contribution in [0.25, 0.3) is 0 Å². The largest absolute Gasteiger partial charge is 0.394 e. The molecule has 1 amide bonds. The van der Waals surface area contributed by atoms with E-state index in [-0.39, 0.29) is 12.5 Å². The predicted molar refractivity (Wildman–Crippen MR) is 170 cm³/mol. The van der Waals surface area contributed by atoms with E-state index in [4.69, 9.17) is 0 Å². The van der Waals surface area contributed by atoms with E-state index < -0.39 is 12.1 Å². The molecule has 0 rings (SSSR count). The van der Waals surface area contributed by atoms with Gasteiger partial charge in [0.15, 0.2) is 0 Å². The van der Waals surface area contributed by atoms with Crippen LogP contribution in [-0.2, 0) is 4.79 Å². The summed E-state index contributed by atoms with van der Waals surface area (Å²) >= 11 is 0. The average Bonchev–Trinajstić information content (AvgIpc) is 2.94. The van der Waals surface area contributed by atoms with Gasteiger partial charge in [-0.3, -0.25) is 4.79 Å². The first-order valence-corrected chi connectivity index (χ1v) is 15.7. The lowest BCUT2D eigenvalue weighted by molar-refractivity contribution is -0.123. The second-order valence-electron chi connectivity index (χ2n) is 10.1. The van der Waals surface area contributed by atoms with Crippen LogP contribution in [0, 0.1) is 0 Å². The molecule has 0 aliphatic heterocycles. The van der Waals surface area contributed by atoms with Crippen LogP contribution in [0.5, 0.6) is 0 Å². The third-order valence-electron chi connectivity index (χ3n) is 6.42. The molecule has 2 unspecified atom stereocenters. The number of allylic oxidation sites excluding steroid dienone is 11. The molecular formula is C35H59NO3. The van der Waals surface area contributed by atoms with Crippen molar-refractivity contribution in [1.29, 1.82) is 0 Å². The highest BCUT2D eigenvalue weighted by Gasteiger charge is 2.17. The minimum absolute atomic E-state index is 0.121. The van der Waals surface area contributed by atoms with Gasteiger partial charge in [-0.25, -0.2) is 0 Å². The lowest BCUT2D eigenvalue weighted by Crippen LogP contribution is -2.45. The smallest absolute Gasteiger partial charge is 0.220 e. The van der Waals surface area contributed by atoms with Crippen molar-refractivity contribution < 1.29 is 15.0 Å². The van der Waals surface area contributed by atoms with Gasteiger partial charge in [0.05, 0.1) is 18.8 Å². The van der Waals surface area contributed by atoms with Gasteiger partial charge < -0.3 is 15.5 Å². The topological polar surface area (TPSA) is 69.6 Å². The number of rotatable bonds is 26. The fourth-order valence-electron chi connectivity index (χ4n) is 4.00. The third-order valence-corrected chi connectivity index (χ3v) is 6.42. The summed E-state index contributed by atoms with van der Waals surface area (Å²) in [6.45, 7) is 4.11. The van der Waals surface area contributed by atoms with E-state index in [1.807, 2.05) is 6.08 Å². The number of amides is 1. The summed E-state index contributed by atoms with van der Waals surface area (Å²) in [6, 6.07) is -0.661. The quantitative estimate of drug-likeness (QED) is 0.0757. The van der Waals surface area contributed by atoms with Gasteiger partial charge >= 0.3 is 0 Å². The highest BCUT2D eigenvalue weighted by atomic mass is 16.3. The summed E-state index contributed by atoms with van der Waals surface area (Å²) < 4.78 is 0. The number of nitrogens with one attached hydrogen (secondary N) is 1. The van der Waals surface area contributed by atoms with E-state index >= 15 is 0 Å². The molecular weight excluding hydrogens is 482 g/mol. The van der Waals surface area contributed by atoms with Crippen molar-refractivity contribution in [1.82, 2.24) is 5.32 Å². The molecule has 0 saturated carbocycles. The summed E-state index contributed by atoms with van der Waals surface area (Å²) in [6.07, 6.45) is 42.6. The Balaban J connectivity index is 3.86. The van der Waals surface area contributed by atoms with Crippen LogP contribution in [0.4, 0.5) is 0 Å². The molecule has 0 bridgehead atoms. The Kier molecular flexibility index (Phi) is 28.7. The number of hydrogen-bond acceptors (Lipinski definition) is 3. The standard InChI is InChI=1S/C35H59NO3/c1-3-5-7-9-11-13-15-17-18-19-21-23-25-27-29-31-35(39)36-33(32-37)34(38)30-28-26-24-22-20-16-14-12-10-8-6-4-2/h5,7,11,13,17-18,20-23,28,30,33-34,37-38H,3-4,6,8-10,12,14-16,19,24-27,29,31-32H2,1-2H3,(H,36,39)/b7-5-,13-11-,18-17-,22-20+,23-21-,30-28+. The zero-order valence-electron chi connectivity index (χ0n) is 25.1. The SMILES string of the molecule is CC/C=C\C/C=C\C/C=C\C/C=C\CCCCC(=O)NC(CO)C(O)/C=C/CC/C=C/CCCCCCCC. The number of aliphatic hydroxyl groups excluding tert-OH is 2. The summed E-state index contributed by atoms with van der Waals surface area (Å²) in [7, 11) is 0. The number of unbranched alkanes of at least 4 members (excludes halogenated alkanes) is 9. The molecule has 0 heterocycles. The van der Waals surface area contributed by atoms with Gasteiger partial charge in [-0.05, 0) is 70.6 Å². The minimum atomic E-state index is -0.879. The minimum Gasteiger partial charge on any atom is -0.394 e. The lowest BCUT2D eigenvalue weighted by atomic mass is 10.1. The summed E-state index contributed by atoms with van der Waals surface area (Å²) in [4.78, 5) is 12.2. The van der Waals surface area contributed by atoms with Crippen LogP contribution in [-0.4, -0.2) is 34.9 Å². The molecule has 0 spiro atoms. The Morgan fingerprint density at radius 2 is 1.15 bits per heavy atom. The molecule has 2 atom stereocenters. The molecule has 222 valence electrons. The fraction of sp³-hybridized carbons (Fsp3) is 0.629. The number of carbonyl (C=O) groups excluding carboxylic acids is 1. The van der Waals surface area contributed by atoms with Crippen LogP contribution in [0.1, 0.15) is 123 Å². The average molecular weight is 542 g/mol. The molecule has 3 N–H and O–H groups in total. The van der Waals surface area contributed by atoms with Crippen molar-refractivity contribution in [3.05, 3.63) is 72.9 Å². The Labute approximate surface area is 240 Å². The summed E-state index contributed by atoms with van der Waals surface area (Å²) in [5.41, 5.74) is 0. The van der Waals surface area contributed by atoms with Crippen molar-refractivity contribution in [3.63, 3.8) is 0 Å². The first-order chi connectivity index (χ1) is 19.2. The van der Waals surface area contributed by atoms with E-state index in [1.165, 1.54) is 38.5 Å². The molecule has 0 aliphatic carbocycles. The molecule has 39 heavy (non-hydrogen) atoms. The van der Waals surface area contributed by atoms with Crippen LogP contribution < -0.4 is 5.32 Å². The van der Waals surface area contributed by atoms with E-state index in [1.54, 1.807) is 6.08 Å². The Bertz CT molecular complexity index is 717. The molecule has 0 aromatic rings. The zero-order valence-corrected chi connectivity index (χ0v) is 25.1. The maximum Gasteiger partial charge on any atom is 0.220 e. The van der Waals surface area contributed by atoms with E-state index in [0.717, 1.165) is 64.2 Å². The van der Waals surface area contributed by atoms with Gasteiger partial charge in [0.1, 0.15) is 0 Å². The maximum absolute atomic E-state index is 12.2. The second kappa shape index (κ2) is 30.4. The highest BCUT2D eigenvalue weighted by molar-refractivity contribution is 5.76. The molecule has 0 aromatic heterocycles. The first-order valence-electron chi connectivity index (χ1n) is 15.7. The van der Waals surface area contributed by atoms with Crippen LogP contribution in [0.3, 0.4) is 0 Å². The summed E-state index contributed by atoms with van der Waals surface area (Å²) in [5, 5.41) is 22.7. The normalized spacial score (nSPS) is 14.3. The first kappa shape index (κ1) is 36.8. The molecule has 0 aromatic carbocycles. The van der Waals surface area contributed by atoms with Gasteiger partial charge in [-0.2, -0.15) is 0 Å². The van der Waals surface area contributed by atoms with Gasteiger partial charge in [0.2, 0.25) is 5.91 Å². The zero-order chi connectivity index (χ0) is 28.7. The van der Waals surface area contributed by atoms with Gasteiger partial charge in [-0.1, -0.05) is 119 Å². The molecule has 0 fully saturated rings. The predicted octanol–water partition coefficient (Wildman–Crippen LogP) is 8.83. The van der Waals surface area contributed by atoms with Gasteiger partial charge in [0, 0.05) is 6.42 Å². The third kappa shape index (κ3) is 27.2. The number of hydrogen-bond donors (Lipinski definition) is 3. The Morgan fingerprint density at radius 3 is 1.79 bits per heavy atom. The number of carbonyl (C=O) groups is 1. The molecule has 0 saturated heterocycles. The second-order valence-corrected chi connectivity index (χ2v) is 10.1. The molecule has 4 heteroatoms. The van der Waals surface area contributed by atoms with Crippen molar-refractivity contribution >= 4 is 5.91 Å². The molecule has 0 aliphatic rings. The maximum atomic E-state index is 12.2. The molecule has 4 nitrogen and oxygen atoms in total. The van der Waals surface area contributed by atoms with Crippen molar-refractivity contribution in [3.8, 4) is 0 Å². The van der Waals surface area contributed by atoms with Gasteiger partial charge in [0.25, 0.3) is 0 Å². The van der Waals surface area contributed by atoms with Gasteiger partial charge in [-0.15, -0.1) is 0 Å². The van der Waals surface area contributed by atoms with Crippen molar-refractivity contribution in [2.75, 3.05) is 6.61 Å². The highest BCUT2D eigenvalue weighted by Crippen LogP contribution is 2.08. The van der Waals surface area contributed by atoms with E-state index in [0.29, 0.717) is 6.42 Å². The Hall–Kier alpha value is -2.17. The number of aliphatic hydroxyl groups is 2. The lowest BCUT2D eigenvalue weighted by Gasteiger charge is -2.19. The van der Waals surface area contributed by atoms with Crippen LogP contribution in [0.2, 0.25) is 0 Å². The van der Waals surface area contributed by atoms with Crippen LogP contribution >= 0.6 is 0 Å². The molecule has 0 radical (unpaired) electrons. The fourth-order valence-corrected chi connectivity index (χ4v) is 4.00. The van der Waals surface area contributed by atoms with Crippen molar-refractivity contribution in [2.24, 2.45) is 0 Å². The monoisotopic (exact) mass is 541 g/mol. The van der Waals surface area contributed by atoms with Crippen LogP contribution in [0.15, 0.2) is 72.9 Å². The van der Waals surface area contributed by atoms with E-state index in [2.05, 4.69) is 79.9 Å². The van der Waals surface area contributed by atoms with Crippen molar-refractivity contribution in [2.45, 2.75) is 135 Å². The summed E-state index contributed by atoms with van der Waals surface area (Å²) in [5.74, 6) is -0.121.